The number of amides is 1. The van der Waals surface area contributed by atoms with Crippen LogP contribution in [0.15, 0.2) is 12.3 Å². The lowest BCUT2D eigenvalue weighted by molar-refractivity contribution is -0.132. The fourth-order valence-electron chi connectivity index (χ4n) is 2.12. The van der Waals surface area contributed by atoms with E-state index in [1.54, 1.807) is 12.3 Å². The molecule has 6 nitrogen and oxygen atoms in total. The van der Waals surface area contributed by atoms with E-state index in [9.17, 15) is 4.79 Å². The predicted molar refractivity (Wildman–Crippen MR) is 74.2 cm³/mol. The van der Waals surface area contributed by atoms with Gasteiger partial charge in [-0.3, -0.25) is 4.79 Å². The Morgan fingerprint density at radius 3 is 2.90 bits per heavy atom. The number of nitrogens with zero attached hydrogens (tertiary/aromatic N) is 3. The second-order valence-electron chi connectivity index (χ2n) is 4.52. The molecule has 1 amide bonds. The van der Waals surface area contributed by atoms with Crippen LogP contribution in [0.3, 0.4) is 0 Å². The maximum absolute atomic E-state index is 11.7. The van der Waals surface area contributed by atoms with Gasteiger partial charge < -0.3 is 14.4 Å². The van der Waals surface area contributed by atoms with Crippen LogP contribution >= 0.6 is 11.6 Å². The van der Waals surface area contributed by atoms with E-state index in [-0.39, 0.29) is 18.0 Å². The van der Waals surface area contributed by atoms with Crippen LogP contribution in [0.4, 0.5) is 0 Å². The predicted octanol–water partition coefficient (Wildman–Crippen LogP) is 1.48. The third-order valence-electron chi connectivity index (χ3n) is 3.18. The molecule has 0 N–H and O–H groups in total. The summed E-state index contributed by atoms with van der Waals surface area (Å²) in [4.78, 5) is 21.6. The van der Waals surface area contributed by atoms with Crippen molar-refractivity contribution in [1.29, 1.82) is 0 Å². The SMILES string of the molecule is COc1nccc(OC2CCN(C(=O)CCCl)CC2)n1. The molecule has 1 aromatic heterocycles. The molecule has 2 heterocycles. The molecule has 1 aliphatic heterocycles. The molecule has 110 valence electrons. The largest absolute Gasteiger partial charge is 0.474 e. The smallest absolute Gasteiger partial charge is 0.319 e. The molecule has 1 fully saturated rings. The number of carbonyl (C=O) groups is 1. The van der Waals surface area contributed by atoms with E-state index >= 15 is 0 Å². The number of rotatable bonds is 5. The highest BCUT2D eigenvalue weighted by atomic mass is 35.5. The maximum atomic E-state index is 11.7. The molecule has 1 saturated heterocycles. The first kappa shape index (κ1) is 14.8. The van der Waals surface area contributed by atoms with Gasteiger partial charge in [-0.2, -0.15) is 4.98 Å². The topological polar surface area (TPSA) is 64.6 Å². The zero-order valence-corrected chi connectivity index (χ0v) is 12.2. The highest BCUT2D eigenvalue weighted by molar-refractivity contribution is 6.18. The molecule has 0 unspecified atom stereocenters. The Labute approximate surface area is 123 Å². The molecule has 1 aliphatic rings. The minimum atomic E-state index is 0.0645. The fraction of sp³-hybridized carbons (Fsp3) is 0.615. The number of alkyl halides is 1. The highest BCUT2D eigenvalue weighted by Gasteiger charge is 2.23. The number of carbonyl (C=O) groups excluding carboxylic acids is 1. The van der Waals surface area contributed by atoms with Gasteiger partial charge in [0.1, 0.15) is 6.10 Å². The van der Waals surface area contributed by atoms with Crippen LogP contribution in [0.5, 0.6) is 11.9 Å². The standard InChI is InChI=1S/C13H18ClN3O3/c1-19-13-15-7-3-11(16-13)20-10-4-8-17(9-5-10)12(18)2-6-14/h3,7,10H,2,4-6,8-9H2,1H3. The first-order chi connectivity index (χ1) is 9.72. The van der Waals surface area contributed by atoms with Crippen LogP contribution in [0.2, 0.25) is 0 Å². The lowest BCUT2D eigenvalue weighted by atomic mass is 10.1. The van der Waals surface area contributed by atoms with Crippen LogP contribution in [-0.4, -0.2) is 53.0 Å². The molecule has 1 aromatic rings. The van der Waals surface area contributed by atoms with E-state index < -0.39 is 0 Å². The van der Waals surface area contributed by atoms with Crippen LogP contribution in [0.1, 0.15) is 19.3 Å². The Hall–Kier alpha value is -1.56. The Bertz CT molecular complexity index is 450. The number of methoxy groups -OCH3 is 1. The third-order valence-corrected chi connectivity index (χ3v) is 3.37. The van der Waals surface area contributed by atoms with Gasteiger partial charge in [0.05, 0.1) is 7.11 Å². The van der Waals surface area contributed by atoms with Crippen molar-refractivity contribution >= 4 is 17.5 Å². The van der Waals surface area contributed by atoms with E-state index in [4.69, 9.17) is 21.1 Å². The molecule has 0 aromatic carbocycles. The molecule has 0 atom stereocenters. The molecule has 0 radical (unpaired) electrons. The Morgan fingerprint density at radius 2 is 2.25 bits per heavy atom. The number of piperidine rings is 1. The van der Waals surface area contributed by atoms with Gasteiger partial charge in [0.2, 0.25) is 11.8 Å². The van der Waals surface area contributed by atoms with Crippen LogP contribution in [0, 0.1) is 0 Å². The summed E-state index contributed by atoms with van der Waals surface area (Å²) in [7, 11) is 1.51. The van der Waals surface area contributed by atoms with E-state index in [2.05, 4.69) is 9.97 Å². The number of hydrogen-bond donors (Lipinski definition) is 0. The highest BCUT2D eigenvalue weighted by Crippen LogP contribution is 2.18. The molecule has 0 spiro atoms. The van der Waals surface area contributed by atoms with Gasteiger partial charge in [0, 0.05) is 50.5 Å². The number of halogens is 1. The maximum Gasteiger partial charge on any atom is 0.319 e. The molecule has 0 aliphatic carbocycles. The van der Waals surface area contributed by atoms with E-state index in [0.29, 0.717) is 31.3 Å². The lowest BCUT2D eigenvalue weighted by Gasteiger charge is -2.31. The molecular formula is C13H18ClN3O3. The van der Waals surface area contributed by atoms with Gasteiger partial charge in [-0.15, -0.1) is 11.6 Å². The zero-order valence-electron chi connectivity index (χ0n) is 11.4. The Balaban J connectivity index is 1.83. The van der Waals surface area contributed by atoms with Gasteiger partial charge in [0.15, 0.2) is 0 Å². The summed E-state index contributed by atoms with van der Waals surface area (Å²) >= 11 is 5.58. The molecular weight excluding hydrogens is 282 g/mol. The van der Waals surface area contributed by atoms with Crippen molar-refractivity contribution in [3.05, 3.63) is 12.3 Å². The van der Waals surface area contributed by atoms with E-state index in [0.717, 1.165) is 12.8 Å². The van der Waals surface area contributed by atoms with Crippen molar-refractivity contribution in [2.45, 2.75) is 25.4 Å². The van der Waals surface area contributed by atoms with Crippen molar-refractivity contribution in [1.82, 2.24) is 14.9 Å². The van der Waals surface area contributed by atoms with Crippen molar-refractivity contribution in [2.75, 3.05) is 26.1 Å². The fourth-order valence-corrected chi connectivity index (χ4v) is 2.28. The monoisotopic (exact) mass is 299 g/mol. The number of likely N-dealkylation sites (tertiary alicyclic amines) is 1. The van der Waals surface area contributed by atoms with Gasteiger partial charge in [-0.05, 0) is 0 Å². The average molecular weight is 300 g/mol. The Morgan fingerprint density at radius 1 is 1.50 bits per heavy atom. The van der Waals surface area contributed by atoms with Gasteiger partial charge >= 0.3 is 6.01 Å². The lowest BCUT2D eigenvalue weighted by Crippen LogP contribution is -2.41. The summed E-state index contributed by atoms with van der Waals surface area (Å²) in [5.41, 5.74) is 0. The van der Waals surface area contributed by atoms with Crippen molar-refractivity contribution in [3.63, 3.8) is 0 Å². The molecule has 2 rings (SSSR count). The van der Waals surface area contributed by atoms with Gasteiger partial charge in [-0.25, -0.2) is 4.98 Å². The van der Waals surface area contributed by atoms with E-state index in [1.807, 2.05) is 4.90 Å². The molecule has 0 bridgehead atoms. The van der Waals surface area contributed by atoms with Crippen LogP contribution in [0.25, 0.3) is 0 Å². The second-order valence-corrected chi connectivity index (χ2v) is 4.90. The molecule has 7 heteroatoms. The van der Waals surface area contributed by atoms with Crippen molar-refractivity contribution < 1.29 is 14.3 Å². The Kier molecular flexibility index (Phi) is 5.40. The minimum Gasteiger partial charge on any atom is -0.474 e. The minimum absolute atomic E-state index is 0.0645. The normalized spacial score (nSPS) is 16.0. The first-order valence-electron chi connectivity index (χ1n) is 6.60. The summed E-state index contributed by atoms with van der Waals surface area (Å²) in [5, 5.41) is 0. The summed E-state index contributed by atoms with van der Waals surface area (Å²) in [6.07, 6.45) is 3.65. The molecule has 20 heavy (non-hydrogen) atoms. The average Bonchev–Trinajstić information content (AvgIpc) is 2.48. The van der Waals surface area contributed by atoms with Crippen LogP contribution in [-0.2, 0) is 4.79 Å². The molecule has 0 saturated carbocycles. The summed E-state index contributed by atoms with van der Waals surface area (Å²) in [6.45, 7) is 1.39. The quantitative estimate of drug-likeness (QED) is 0.771. The van der Waals surface area contributed by atoms with Crippen LogP contribution < -0.4 is 9.47 Å². The number of aromatic nitrogens is 2. The van der Waals surface area contributed by atoms with E-state index in [1.165, 1.54) is 7.11 Å². The van der Waals surface area contributed by atoms with Crippen molar-refractivity contribution in [3.8, 4) is 11.9 Å². The number of hydrogen-bond acceptors (Lipinski definition) is 5. The zero-order chi connectivity index (χ0) is 14.4. The third kappa shape index (κ3) is 3.96. The first-order valence-corrected chi connectivity index (χ1v) is 7.14. The van der Waals surface area contributed by atoms with Gasteiger partial charge in [-0.1, -0.05) is 0 Å². The second kappa shape index (κ2) is 7.28. The summed E-state index contributed by atoms with van der Waals surface area (Å²) in [6, 6.07) is 1.99. The summed E-state index contributed by atoms with van der Waals surface area (Å²) < 4.78 is 10.7. The summed E-state index contributed by atoms with van der Waals surface area (Å²) in [5.74, 6) is 0.986. The van der Waals surface area contributed by atoms with Crippen molar-refractivity contribution in [2.24, 2.45) is 0 Å². The van der Waals surface area contributed by atoms with Gasteiger partial charge in [0.25, 0.3) is 0 Å². The number of ether oxygens (including phenoxy) is 2.